The van der Waals surface area contributed by atoms with Crippen LogP contribution in [0.2, 0.25) is 0 Å². The van der Waals surface area contributed by atoms with Crippen molar-refractivity contribution in [2.24, 2.45) is 0 Å². The van der Waals surface area contributed by atoms with Crippen molar-refractivity contribution in [2.75, 3.05) is 4.90 Å². The number of para-hydroxylation sites is 2. The number of carbonyl (C=O) groups excluding carboxylic acids is 1. The number of benzene rings is 2. The third-order valence-corrected chi connectivity index (χ3v) is 3.28. The Balaban J connectivity index is 2.50. The largest absolute Gasteiger partial charge is 0.454 e. The second-order valence-corrected chi connectivity index (χ2v) is 4.88. The van der Waals surface area contributed by atoms with Crippen LogP contribution in [0.3, 0.4) is 0 Å². The number of anilines is 2. The van der Waals surface area contributed by atoms with Crippen LogP contribution in [0, 0.1) is 0 Å². The molecule has 0 atom stereocenters. The normalized spacial score (nSPS) is 12.1. The van der Waals surface area contributed by atoms with Crippen LogP contribution in [0.15, 0.2) is 72.4 Å². The molecule has 2 aromatic rings. The molecular formula is C18H16F3NO. The fourth-order valence-corrected chi connectivity index (χ4v) is 2.12. The Hall–Kier alpha value is -2.56. The summed E-state index contributed by atoms with van der Waals surface area (Å²) in [4.78, 5) is 13.2. The lowest BCUT2D eigenvalue weighted by Gasteiger charge is -2.22. The van der Waals surface area contributed by atoms with Gasteiger partial charge in [-0.25, -0.2) is 0 Å². The molecule has 0 radical (unpaired) electrons. The molecule has 0 bridgehead atoms. The Labute approximate surface area is 132 Å². The summed E-state index contributed by atoms with van der Waals surface area (Å²) in [7, 11) is 0. The molecule has 0 saturated heterocycles. The van der Waals surface area contributed by atoms with Gasteiger partial charge in [-0.1, -0.05) is 43.3 Å². The van der Waals surface area contributed by atoms with Gasteiger partial charge >= 0.3 is 6.18 Å². The molecule has 0 aliphatic rings. The van der Waals surface area contributed by atoms with E-state index in [0.717, 1.165) is 0 Å². The van der Waals surface area contributed by atoms with Gasteiger partial charge in [-0.05, 0) is 30.7 Å². The second-order valence-electron chi connectivity index (χ2n) is 4.88. The van der Waals surface area contributed by atoms with Crippen molar-refractivity contribution in [2.45, 2.75) is 19.5 Å². The zero-order chi connectivity index (χ0) is 16.9. The number of ketones is 1. The molecule has 2 aromatic carbocycles. The molecule has 0 N–H and O–H groups in total. The quantitative estimate of drug-likeness (QED) is 0.702. The Morgan fingerprint density at radius 3 is 1.74 bits per heavy atom. The van der Waals surface area contributed by atoms with Gasteiger partial charge in [0.2, 0.25) is 0 Å². The van der Waals surface area contributed by atoms with Crippen molar-refractivity contribution in [1.82, 2.24) is 0 Å². The zero-order valence-electron chi connectivity index (χ0n) is 12.5. The predicted octanol–water partition coefficient (Wildman–Crippen LogP) is 5.25. The van der Waals surface area contributed by atoms with Crippen LogP contribution in [0.1, 0.15) is 13.3 Å². The zero-order valence-corrected chi connectivity index (χ0v) is 12.5. The number of allylic oxidation sites excluding steroid dienone is 1. The highest BCUT2D eigenvalue weighted by atomic mass is 19.4. The molecule has 0 fully saturated rings. The van der Waals surface area contributed by atoms with Crippen molar-refractivity contribution in [3.63, 3.8) is 0 Å². The summed E-state index contributed by atoms with van der Waals surface area (Å²) in [6, 6.07) is 17.9. The van der Waals surface area contributed by atoms with Crippen LogP contribution < -0.4 is 4.90 Å². The lowest BCUT2D eigenvalue weighted by molar-refractivity contribution is -0.166. The van der Waals surface area contributed by atoms with Gasteiger partial charge in [0, 0.05) is 23.1 Å². The number of alkyl halides is 3. The summed E-state index contributed by atoms with van der Waals surface area (Å²) >= 11 is 0. The standard InChI is InChI=1S/C18H16F3NO/c1-2-14(17(23)18(19,20)21)13-22(15-9-5-3-6-10-15)16-11-7-4-8-12-16/h3-13H,2H2,1H3. The third kappa shape index (κ3) is 4.22. The van der Waals surface area contributed by atoms with Crippen molar-refractivity contribution in [1.29, 1.82) is 0 Å². The molecule has 0 aromatic heterocycles. The molecule has 0 unspecified atom stereocenters. The van der Waals surface area contributed by atoms with Gasteiger partial charge in [-0.15, -0.1) is 0 Å². The number of nitrogens with zero attached hydrogens (tertiary/aromatic N) is 1. The van der Waals surface area contributed by atoms with E-state index >= 15 is 0 Å². The topological polar surface area (TPSA) is 20.3 Å². The van der Waals surface area contributed by atoms with Gasteiger partial charge in [0.15, 0.2) is 0 Å². The van der Waals surface area contributed by atoms with E-state index in [2.05, 4.69) is 0 Å². The highest BCUT2D eigenvalue weighted by molar-refractivity contribution is 6.00. The van der Waals surface area contributed by atoms with E-state index in [1.165, 1.54) is 13.1 Å². The first-order valence-corrected chi connectivity index (χ1v) is 7.15. The molecule has 0 saturated carbocycles. The number of halogens is 3. The molecule has 0 aliphatic carbocycles. The Morgan fingerprint density at radius 2 is 1.39 bits per heavy atom. The van der Waals surface area contributed by atoms with E-state index in [9.17, 15) is 18.0 Å². The Morgan fingerprint density at radius 1 is 0.957 bits per heavy atom. The molecule has 2 rings (SSSR count). The summed E-state index contributed by atoms with van der Waals surface area (Å²) in [5.41, 5.74) is 1.07. The first kappa shape index (κ1) is 16.8. The maximum absolute atomic E-state index is 12.7. The average molecular weight is 319 g/mol. The number of hydrogen-bond acceptors (Lipinski definition) is 2. The van der Waals surface area contributed by atoms with E-state index in [1.807, 2.05) is 12.1 Å². The van der Waals surface area contributed by atoms with Crippen LogP contribution in [0.5, 0.6) is 0 Å². The van der Waals surface area contributed by atoms with Crippen molar-refractivity contribution >= 4 is 17.2 Å². The van der Waals surface area contributed by atoms with Crippen molar-refractivity contribution in [3.05, 3.63) is 72.4 Å². The van der Waals surface area contributed by atoms with Gasteiger partial charge < -0.3 is 4.90 Å². The summed E-state index contributed by atoms with van der Waals surface area (Å²) in [6.07, 6.45) is -3.62. The van der Waals surface area contributed by atoms with Crippen LogP contribution in [0.4, 0.5) is 24.5 Å². The minimum absolute atomic E-state index is 0.00545. The fraction of sp³-hybridized carbons (Fsp3) is 0.167. The minimum Gasteiger partial charge on any atom is -0.317 e. The van der Waals surface area contributed by atoms with Gasteiger partial charge in [-0.2, -0.15) is 13.2 Å². The first-order valence-electron chi connectivity index (χ1n) is 7.15. The van der Waals surface area contributed by atoms with Crippen LogP contribution in [0.25, 0.3) is 0 Å². The summed E-state index contributed by atoms with van der Waals surface area (Å²) in [5, 5.41) is 0. The van der Waals surface area contributed by atoms with Gasteiger partial charge in [0.05, 0.1) is 0 Å². The summed E-state index contributed by atoms with van der Waals surface area (Å²) < 4.78 is 38.2. The fourth-order valence-electron chi connectivity index (χ4n) is 2.12. The summed E-state index contributed by atoms with van der Waals surface area (Å²) in [6.45, 7) is 1.53. The third-order valence-electron chi connectivity index (χ3n) is 3.28. The van der Waals surface area contributed by atoms with Crippen LogP contribution >= 0.6 is 0 Å². The minimum atomic E-state index is -4.87. The maximum atomic E-state index is 12.7. The van der Waals surface area contributed by atoms with Gasteiger partial charge in [0.25, 0.3) is 5.78 Å². The van der Waals surface area contributed by atoms with E-state index < -0.39 is 12.0 Å². The number of Topliss-reactive ketones (excluding diaryl/α,β-unsaturated/α-hetero) is 1. The molecule has 2 nitrogen and oxygen atoms in total. The number of hydrogen-bond donors (Lipinski definition) is 0. The van der Waals surface area contributed by atoms with E-state index in [0.29, 0.717) is 11.4 Å². The van der Waals surface area contributed by atoms with Crippen LogP contribution in [-0.2, 0) is 4.79 Å². The highest BCUT2D eigenvalue weighted by Crippen LogP contribution is 2.29. The Kier molecular flexibility index (Phi) is 5.21. The van der Waals surface area contributed by atoms with Gasteiger partial charge in [0.1, 0.15) is 0 Å². The van der Waals surface area contributed by atoms with E-state index in [1.54, 1.807) is 53.4 Å². The van der Waals surface area contributed by atoms with Crippen molar-refractivity contribution in [3.8, 4) is 0 Å². The molecule has 5 heteroatoms. The Bertz CT molecular complexity index is 639. The number of rotatable bonds is 5. The molecular weight excluding hydrogens is 303 g/mol. The van der Waals surface area contributed by atoms with E-state index in [4.69, 9.17) is 0 Å². The SMILES string of the molecule is CCC(=CN(c1ccccc1)c1ccccc1)C(=O)C(F)(F)F. The van der Waals surface area contributed by atoms with Crippen LogP contribution in [-0.4, -0.2) is 12.0 Å². The first-order chi connectivity index (χ1) is 10.9. The molecule has 0 spiro atoms. The number of carbonyl (C=O) groups is 1. The smallest absolute Gasteiger partial charge is 0.317 e. The average Bonchev–Trinajstić information content (AvgIpc) is 2.56. The molecule has 23 heavy (non-hydrogen) atoms. The molecule has 0 heterocycles. The van der Waals surface area contributed by atoms with Gasteiger partial charge in [-0.3, -0.25) is 4.79 Å². The molecule has 0 aliphatic heterocycles. The molecule has 0 amide bonds. The predicted molar refractivity (Wildman–Crippen MR) is 84.5 cm³/mol. The molecule has 120 valence electrons. The second kappa shape index (κ2) is 7.13. The highest BCUT2D eigenvalue weighted by Gasteiger charge is 2.40. The van der Waals surface area contributed by atoms with Crippen molar-refractivity contribution < 1.29 is 18.0 Å². The lowest BCUT2D eigenvalue weighted by Crippen LogP contribution is -2.26. The summed E-state index contributed by atoms with van der Waals surface area (Å²) in [5.74, 6) is -1.81. The lowest BCUT2D eigenvalue weighted by atomic mass is 10.1. The monoisotopic (exact) mass is 319 g/mol. The maximum Gasteiger partial charge on any atom is 0.454 e. The van der Waals surface area contributed by atoms with E-state index in [-0.39, 0.29) is 12.0 Å².